The van der Waals surface area contributed by atoms with Crippen molar-refractivity contribution < 1.29 is 8.78 Å². The summed E-state index contributed by atoms with van der Waals surface area (Å²) < 4.78 is 25.5. The molecule has 0 saturated heterocycles. The van der Waals surface area contributed by atoms with E-state index in [1.807, 2.05) is 24.3 Å². The normalized spacial score (nSPS) is 10.9. The second kappa shape index (κ2) is 4.37. The Bertz CT molecular complexity index is 470. The van der Waals surface area contributed by atoms with Gasteiger partial charge in [0.1, 0.15) is 10.7 Å². The number of alkyl halides is 2. The Balaban J connectivity index is 2.37. The highest BCUT2D eigenvalue weighted by Gasteiger charge is 2.12. The van der Waals surface area contributed by atoms with Crippen LogP contribution in [0.5, 0.6) is 0 Å². The Hall–Kier alpha value is -0.810. The molecule has 0 radical (unpaired) electrons. The van der Waals surface area contributed by atoms with E-state index in [0.717, 1.165) is 10.0 Å². The molecule has 1 heterocycles. The molecule has 0 N–H and O–H groups in total. The Morgan fingerprint density at radius 3 is 2.73 bits per heavy atom. The maximum atomic E-state index is 12.3. The molecule has 0 atom stereocenters. The molecule has 0 bridgehead atoms. The summed E-state index contributed by atoms with van der Waals surface area (Å²) in [6.45, 7) is 0. The third-order valence-electron chi connectivity index (χ3n) is 1.82. The molecule has 5 heteroatoms. The largest absolute Gasteiger partial charge is 0.281 e. The summed E-state index contributed by atoms with van der Waals surface area (Å²) in [5, 5.41) is 2.01. The highest BCUT2D eigenvalue weighted by atomic mass is 79.9. The average Bonchev–Trinajstić information content (AvgIpc) is 2.66. The summed E-state index contributed by atoms with van der Waals surface area (Å²) in [5.41, 5.74) is 0.691. The molecule has 0 saturated carbocycles. The molecular formula is C10H6BrF2NS. The maximum Gasteiger partial charge on any atom is 0.281 e. The first-order valence-electron chi connectivity index (χ1n) is 4.16. The molecule has 2 aromatic rings. The van der Waals surface area contributed by atoms with Gasteiger partial charge in [-0.15, -0.1) is 11.3 Å². The summed E-state index contributed by atoms with van der Waals surface area (Å²) >= 11 is 4.55. The lowest BCUT2D eigenvalue weighted by molar-refractivity contribution is 0.147. The molecule has 0 aliphatic carbocycles. The smallest absolute Gasteiger partial charge is 0.235 e. The van der Waals surface area contributed by atoms with Gasteiger partial charge in [0.05, 0.1) is 0 Å². The number of halogens is 3. The minimum Gasteiger partial charge on any atom is -0.235 e. The first kappa shape index (κ1) is 10.7. The third kappa shape index (κ3) is 2.41. The van der Waals surface area contributed by atoms with Crippen molar-refractivity contribution in [3.8, 4) is 10.6 Å². The van der Waals surface area contributed by atoms with Crippen molar-refractivity contribution >= 4 is 27.3 Å². The zero-order chi connectivity index (χ0) is 10.8. The maximum absolute atomic E-state index is 12.3. The van der Waals surface area contributed by atoms with E-state index in [2.05, 4.69) is 20.9 Å². The lowest BCUT2D eigenvalue weighted by Gasteiger charge is -1.96. The summed E-state index contributed by atoms with van der Waals surface area (Å²) in [6, 6.07) is 7.43. The van der Waals surface area contributed by atoms with Crippen molar-refractivity contribution in [1.82, 2.24) is 4.98 Å². The Kier molecular flexibility index (Phi) is 3.11. The van der Waals surface area contributed by atoms with Crippen LogP contribution >= 0.6 is 27.3 Å². The van der Waals surface area contributed by atoms with Gasteiger partial charge in [-0.25, -0.2) is 13.8 Å². The van der Waals surface area contributed by atoms with E-state index in [0.29, 0.717) is 5.01 Å². The van der Waals surface area contributed by atoms with Crippen LogP contribution in [0.4, 0.5) is 8.78 Å². The fourth-order valence-corrected chi connectivity index (χ4v) is 2.35. The second-order valence-electron chi connectivity index (χ2n) is 2.89. The Morgan fingerprint density at radius 1 is 1.33 bits per heavy atom. The number of rotatable bonds is 2. The van der Waals surface area contributed by atoms with Crippen LogP contribution in [0.2, 0.25) is 0 Å². The summed E-state index contributed by atoms with van der Waals surface area (Å²) in [6.07, 6.45) is -2.50. The Morgan fingerprint density at radius 2 is 2.13 bits per heavy atom. The summed E-state index contributed by atoms with van der Waals surface area (Å²) in [7, 11) is 0. The third-order valence-corrected chi connectivity index (χ3v) is 3.22. The van der Waals surface area contributed by atoms with E-state index in [1.54, 1.807) is 0 Å². The van der Waals surface area contributed by atoms with Crippen LogP contribution < -0.4 is 0 Å². The van der Waals surface area contributed by atoms with E-state index >= 15 is 0 Å². The van der Waals surface area contributed by atoms with Crippen LogP contribution in [-0.2, 0) is 0 Å². The van der Waals surface area contributed by atoms with Gasteiger partial charge >= 0.3 is 0 Å². The highest BCUT2D eigenvalue weighted by Crippen LogP contribution is 2.29. The van der Waals surface area contributed by atoms with Crippen LogP contribution in [-0.4, -0.2) is 4.98 Å². The van der Waals surface area contributed by atoms with E-state index in [4.69, 9.17) is 0 Å². The van der Waals surface area contributed by atoms with Gasteiger partial charge in [0.15, 0.2) is 0 Å². The first-order valence-corrected chi connectivity index (χ1v) is 5.83. The highest BCUT2D eigenvalue weighted by molar-refractivity contribution is 9.10. The molecule has 0 aliphatic rings. The number of nitrogens with zero attached hydrogens (tertiary/aromatic N) is 1. The van der Waals surface area contributed by atoms with Gasteiger partial charge in [0.2, 0.25) is 0 Å². The molecule has 0 spiro atoms. The van der Waals surface area contributed by atoms with Gasteiger partial charge in [-0.1, -0.05) is 28.1 Å². The van der Waals surface area contributed by atoms with Crippen molar-refractivity contribution in [2.75, 3.05) is 0 Å². The zero-order valence-electron chi connectivity index (χ0n) is 7.45. The molecule has 0 aliphatic heterocycles. The van der Waals surface area contributed by atoms with Crippen LogP contribution in [0.25, 0.3) is 10.6 Å². The zero-order valence-corrected chi connectivity index (χ0v) is 9.86. The van der Waals surface area contributed by atoms with Crippen molar-refractivity contribution in [3.05, 3.63) is 39.8 Å². The molecule has 1 aromatic carbocycles. The fraction of sp³-hybridized carbons (Fsp3) is 0.100. The van der Waals surface area contributed by atoms with Gasteiger partial charge in [-0.3, -0.25) is 0 Å². The number of hydrogen-bond acceptors (Lipinski definition) is 2. The molecule has 0 unspecified atom stereocenters. The molecule has 1 nitrogen and oxygen atoms in total. The SMILES string of the molecule is FC(F)c1csc(-c2cccc(Br)c2)n1. The topological polar surface area (TPSA) is 12.9 Å². The molecule has 78 valence electrons. The molecular weight excluding hydrogens is 284 g/mol. The fourth-order valence-electron chi connectivity index (χ4n) is 1.14. The molecule has 15 heavy (non-hydrogen) atoms. The summed E-state index contributed by atoms with van der Waals surface area (Å²) in [5.74, 6) is 0. The molecule has 0 fully saturated rings. The van der Waals surface area contributed by atoms with Crippen LogP contribution in [0, 0.1) is 0 Å². The summed E-state index contributed by atoms with van der Waals surface area (Å²) in [4.78, 5) is 3.87. The number of aromatic nitrogens is 1. The van der Waals surface area contributed by atoms with Crippen LogP contribution in [0.3, 0.4) is 0 Å². The van der Waals surface area contributed by atoms with E-state index in [-0.39, 0.29) is 5.69 Å². The molecule has 1 aromatic heterocycles. The van der Waals surface area contributed by atoms with Gasteiger partial charge in [-0.05, 0) is 12.1 Å². The number of benzene rings is 1. The van der Waals surface area contributed by atoms with Gasteiger partial charge < -0.3 is 0 Å². The predicted octanol–water partition coefficient (Wildman–Crippen LogP) is 4.51. The van der Waals surface area contributed by atoms with Crippen LogP contribution in [0.15, 0.2) is 34.1 Å². The Labute approximate surface area is 97.9 Å². The lowest BCUT2D eigenvalue weighted by Crippen LogP contribution is -1.83. The standard InChI is InChI=1S/C10H6BrF2NS/c11-7-3-1-2-6(4-7)10-14-8(5-15-10)9(12)13/h1-5,9H. The number of thiazole rings is 1. The lowest BCUT2D eigenvalue weighted by atomic mass is 10.2. The van der Waals surface area contributed by atoms with Crippen molar-refractivity contribution in [3.63, 3.8) is 0 Å². The predicted molar refractivity (Wildman–Crippen MR) is 60.2 cm³/mol. The van der Waals surface area contributed by atoms with E-state index in [1.165, 1.54) is 16.7 Å². The van der Waals surface area contributed by atoms with Gasteiger partial charge in [0, 0.05) is 15.4 Å². The second-order valence-corrected chi connectivity index (χ2v) is 4.66. The average molecular weight is 290 g/mol. The quantitative estimate of drug-likeness (QED) is 0.793. The van der Waals surface area contributed by atoms with Crippen molar-refractivity contribution in [2.24, 2.45) is 0 Å². The molecule has 0 amide bonds. The van der Waals surface area contributed by atoms with Gasteiger partial charge in [0.25, 0.3) is 6.43 Å². The monoisotopic (exact) mass is 289 g/mol. The van der Waals surface area contributed by atoms with Crippen molar-refractivity contribution in [1.29, 1.82) is 0 Å². The van der Waals surface area contributed by atoms with Gasteiger partial charge in [-0.2, -0.15) is 0 Å². The first-order chi connectivity index (χ1) is 7.16. The van der Waals surface area contributed by atoms with Crippen LogP contribution in [0.1, 0.15) is 12.1 Å². The van der Waals surface area contributed by atoms with E-state index < -0.39 is 6.43 Å². The number of hydrogen-bond donors (Lipinski definition) is 0. The van der Waals surface area contributed by atoms with E-state index in [9.17, 15) is 8.78 Å². The minimum atomic E-state index is -2.50. The minimum absolute atomic E-state index is 0.157. The molecule has 2 rings (SSSR count). The van der Waals surface area contributed by atoms with Crippen molar-refractivity contribution in [2.45, 2.75) is 6.43 Å².